The molecule has 2 heterocycles. The van der Waals surface area contributed by atoms with Crippen LogP contribution in [0.1, 0.15) is 17.5 Å². The van der Waals surface area contributed by atoms with Gasteiger partial charge in [-0.3, -0.25) is 14.5 Å². The Morgan fingerprint density at radius 1 is 0.903 bits per heavy atom. The lowest BCUT2D eigenvalue weighted by Gasteiger charge is -2.32. The zero-order valence-corrected chi connectivity index (χ0v) is 17.6. The first kappa shape index (κ1) is 19.6. The molecular weight excluding hydrogens is 392 g/mol. The van der Waals surface area contributed by atoms with Crippen molar-refractivity contribution >= 4 is 28.3 Å². The van der Waals surface area contributed by atoms with Crippen molar-refractivity contribution in [3.05, 3.63) is 65.7 Å². The molecule has 6 heteroatoms. The minimum atomic E-state index is -0.451. The van der Waals surface area contributed by atoms with Crippen molar-refractivity contribution in [3.63, 3.8) is 0 Å². The summed E-state index contributed by atoms with van der Waals surface area (Å²) in [7, 11) is 3.25. The van der Waals surface area contributed by atoms with Crippen LogP contribution in [0.3, 0.4) is 0 Å². The monoisotopic (exact) mass is 416 g/mol. The maximum absolute atomic E-state index is 13.4. The minimum absolute atomic E-state index is 0.148. The number of ether oxygens (including phenoxy) is 2. The Balaban J connectivity index is 1.44. The molecule has 1 saturated heterocycles. The van der Waals surface area contributed by atoms with Crippen molar-refractivity contribution in [2.45, 2.75) is 25.4 Å². The highest BCUT2D eigenvalue weighted by atomic mass is 16.5. The molecule has 0 bridgehead atoms. The number of rotatable bonds is 4. The van der Waals surface area contributed by atoms with Crippen molar-refractivity contribution in [2.24, 2.45) is 0 Å². The van der Waals surface area contributed by atoms with E-state index in [-0.39, 0.29) is 18.2 Å². The van der Waals surface area contributed by atoms with Crippen LogP contribution in [0.4, 0.5) is 5.69 Å². The van der Waals surface area contributed by atoms with Crippen LogP contribution in [-0.2, 0) is 22.6 Å². The Hall–Kier alpha value is -3.38. The number of fused-ring (bicyclic) bond motifs is 2. The summed E-state index contributed by atoms with van der Waals surface area (Å²) in [5.74, 6) is 1.09. The molecule has 31 heavy (non-hydrogen) atoms. The first-order valence-corrected chi connectivity index (χ1v) is 10.4. The molecule has 0 N–H and O–H groups in total. The maximum atomic E-state index is 13.4. The van der Waals surface area contributed by atoms with Gasteiger partial charge in [0.15, 0.2) is 11.5 Å². The lowest BCUT2D eigenvalue weighted by Crippen LogP contribution is -2.44. The number of nitrogens with zero attached hydrogens (tertiary/aromatic N) is 2. The number of methoxy groups -OCH3 is 2. The van der Waals surface area contributed by atoms with Crippen LogP contribution in [0.25, 0.3) is 10.8 Å². The molecule has 0 unspecified atom stereocenters. The molecule has 0 saturated carbocycles. The van der Waals surface area contributed by atoms with Crippen molar-refractivity contribution in [3.8, 4) is 11.5 Å². The summed E-state index contributed by atoms with van der Waals surface area (Å²) in [6, 6.07) is 17.1. The van der Waals surface area contributed by atoms with Crippen LogP contribution >= 0.6 is 0 Å². The second kappa shape index (κ2) is 7.71. The second-order valence-electron chi connectivity index (χ2n) is 7.98. The van der Waals surface area contributed by atoms with Gasteiger partial charge >= 0.3 is 0 Å². The minimum Gasteiger partial charge on any atom is -0.493 e. The Morgan fingerprint density at radius 3 is 2.39 bits per heavy atom. The van der Waals surface area contributed by atoms with Crippen LogP contribution in [0.15, 0.2) is 54.6 Å². The average Bonchev–Trinajstić information content (AvgIpc) is 3.10. The summed E-state index contributed by atoms with van der Waals surface area (Å²) in [6.07, 6.45) is 0.993. The van der Waals surface area contributed by atoms with Gasteiger partial charge in [-0.05, 0) is 41.1 Å². The van der Waals surface area contributed by atoms with Gasteiger partial charge in [-0.25, -0.2) is 4.90 Å². The highest BCUT2D eigenvalue weighted by molar-refractivity contribution is 6.25. The molecule has 0 aliphatic carbocycles. The van der Waals surface area contributed by atoms with E-state index in [0.717, 1.165) is 29.3 Å². The Bertz CT molecular complexity index is 1180. The van der Waals surface area contributed by atoms with E-state index in [1.54, 1.807) is 14.2 Å². The lowest BCUT2D eigenvalue weighted by molar-refractivity contribution is -0.123. The van der Waals surface area contributed by atoms with Crippen LogP contribution in [0, 0.1) is 0 Å². The predicted molar refractivity (Wildman–Crippen MR) is 119 cm³/mol. The van der Waals surface area contributed by atoms with Gasteiger partial charge in [-0.15, -0.1) is 0 Å². The van der Waals surface area contributed by atoms with E-state index in [2.05, 4.69) is 4.90 Å². The second-order valence-corrected chi connectivity index (χ2v) is 7.98. The van der Waals surface area contributed by atoms with E-state index >= 15 is 0 Å². The Kier molecular flexibility index (Phi) is 4.87. The molecule has 0 aromatic heterocycles. The molecule has 2 aliphatic rings. The normalized spacial score (nSPS) is 19.0. The zero-order valence-electron chi connectivity index (χ0n) is 17.6. The molecule has 0 radical (unpaired) electrons. The van der Waals surface area contributed by atoms with Crippen LogP contribution in [0.2, 0.25) is 0 Å². The van der Waals surface area contributed by atoms with Crippen LogP contribution in [-0.4, -0.2) is 43.5 Å². The van der Waals surface area contributed by atoms with Gasteiger partial charge in [0, 0.05) is 18.5 Å². The number of amides is 2. The summed E-state index contributed by atoms with van der Waals surface area (Å²) in [6.45, 7) is 1.32. The zero-order chi connectivity index (χ0) is 21.5. The molecule has 0 spiro atoms. The molecule has 6 nitrogen and oxygen atoms in total. The van der Waals surface area contributed by atoms with E-state index in [0.29, 0.717) is 23.7 Å². The molecule has 2 amide bonds. The van der Waals surface area contributed by atoms with Gasteiger partial charge in [0.25, 0.3) is 5.91 Å². The van der Waals surface area contributed by atoms with E-state index in [4.69, 9.17) is 9.47 Å². The molecule has 1 atom stereocenters. The first-order valence-electron chi connectivity index (χ1n) is 10.4. The SMILES string of the molecule is COc1cc2c(cc1OC)CN([C@H]1CC(=O)N(c3cccc4ccccc34)C1=O)CC2. The number of carbonyl (C=O) groups excluding carboxylic acids is 2. The van der Waals surface area contributed by atoms with Gasteiger partial charge < -0.3 is 9.47 Å². The molecular formula is C25H24N2O4. The topological polar surface area (TPSA) is 59.1 Å². The van der Waals surface area contributed by atoms with Crippen molar-refractivity contribution in [1.29, 1.82) is 0 Å². The maximum Gasteiger partial charge on any atom is 0.251 e. The average molecular weight is 416 g/mol. The number of imide groups is 1. The van der Waals surface area contributed by atoms with Gasteiger partial charge in [0.2, 0.25) is 5.91 Å². The van der Waals surface area contributed by atoms with Crippen molar-refractivity contribution in [2.75, 3.05) is 25.7 Å². The Labute approximate surface area is 181 Å². The molecule has 2 aliphatic heterocycles. The van der Waals surface area contributed by atoms with E-state index in [1.807, 2.05) is 54.6 Å². The van der Waals surface area contributed by atoms with Gasteiger partial charge in [-0.2, -0.15) is 0 Å². The molecule has 3 aromatic carbocycles. The molecule has 158 valence electrons. The number of hydrogen-bond donors (Lipinski definition) is 0. The fourth-order valence-electron chi connectivity index (χ4n) is 4.73. The first-order chi connectivity index (χ1) is 15.1. The summed E-state index contributed by atoms with van der Waals surface area (Å²) in [5.41, 5.74) is 2.96. The fraction of sp³-hybridized carbons (Fsp3) is 0.280. The van der Waals surface area contributed by atoms with Crippen LogP contribution < -0.4 is 14.4 Å². The van der Waals surface area contributed by atoms with Crippen molar-refractivity contribution < 1.29 is 19.1 Å². The van der Waals surface area contributed by atoms with Gasteiger partial charge in [0.1, 0.15) is 0 Å². The number of carbonyl (C=O) groups is 2. The summed E-state index contributed by atoms with van der Waals surface area (Å²) in [4.78, 5) is 29.8. The van der Waals surface area contributed by atoms with E-state index in [1.165, 1.54) is 10.5 Å². The predicted octanol–water partition coefficient (Wildman–Crippen LogP) is 3.55. The molecule has 1 fully saturated rings. The van der Waals surface area contributed by atoms with E-state index < -0.39 is 6.04 Å². The third kappa shape index (κ3) is 3.24. The summed E-state index contributed by atoms with van der Waals surface area (Å²) < 4.78 is 10.9. The van der Waals surface area contributed by atoms with Gasteiger partial charge in [0.05, 0.1) is 32.4 Å². The van der Waals surface area contributed by atoms with Crippen LogP contribution in [0.5, 0.6) is 11.5 Å². The highest BCUT2D eigenvalue weighted by Gasteiger charge is 2.43. The number of benzene rings is 3. The lowest BCUT2D eigenvalue weighted by atomic mass is 9.97. The Morgan fingerprint density at radius 2 is 1.61 bits per heavy atom. The third-order valence-corrected chi connectivity index (χ3v) is 6.32. The van der Waals surface area contributed by atoms with Crippen molar-refractivity contribution in [1.82, 2.24) is 4.90 Å². The van der Waals surface area contributed by atoms with Gasteiger partial charge in [-0.1, -0.05) is 36.4 Å². The fourth-order valence-corrected chi connectivity index (χ4v) is 4.73. The van der Waals surface area contributed by atoms with E-state index in [9.17, 15) is 9.59 Å². The quantitative estimate of drug-likeness (QED) is 0.609. The summed E-state index contributed by atoms with van der Waals surface area (Å²) >= 11 is 0. The standard InChI is InChI=1S/C25H24N2O4/c1-30-22-12-17-10-11-26(15-18(17)13-23(22)31-2)21-14-24(28)27(25(21)29)20-9-5-7-16-6-3-4-8-19(16)20/h3-9,12-13,21H,10-11,14-15H2,1-2H3/t21-/m0/s1. The number of anilines is 1. The largest absolute Gasteiger partial charge is 0.493 e. The third-order valence-electron chi connectivity index (χ3n) is 6.32. The molecule has 5 rings (SSSR count). The number of hydrogen-bond acceptors (Lipinski definition) is 5. The highest BCUT2D eigenvalue weighted by Crippen LogP contribution is 2.36. The molecule has 3 aromatic rings. The summed E-state index contributed by atoms with van der Waals surface area (Å²) in [5, 5.41) is 1.92. The smallest absolute Gasteiger partial charge is 0.251 e.